The minimum absolute atomic E-state index is 1.04. The van der Waals surface area contributed by atoms with Gasteiger partial charge in [0.15, 0.2) is 5.60 Å². The number of rotatable bonds is 2. The number of aliphatic carboxylic acids is 1. The molecule has 2 unspecified atom stereocenters. The van der Waals surface area contributed by atoms with E-state index in [2.05, 4.69) is 4.74 Å². The van der Waals surface area contributed by atoms with Gasteiger partial charge in [0, 0.05) is 5.41 Å². The topological polar surface area (TPSA) is 63.6 Å². The van der Waals surface area contributed by atoms with E-state index in [1.807, 2.05) is 0 Å². The molecule has 1 aliphatic carbocycles. The van der Waals surface area contributed by atoms with E-state index in [0.717, 1.165) is 0 Å². The third-order valence-electron chi connectivity index (χ3n) is 3.15. The van der Waals surface area contributed by atoms with E-state index in [4.69, 9.17) is 0 Å². The van der Waals surface area contributed by atoms with E-state index in [0.29, 0.717) is 0 Å². The number of halogens is 3. The summed E-state index contributed by atoms with van der Waals surface area (Å²) in [5.41, 5.74) is -2.95. The number of esters is 1. The monoisotopic (exact) mass is 292 g/mol. The van der Waals surface area contributed by atoms with Crippen LogP contribution in [0.4, 0.5) is 13.2 Å². The van der Waals surface area contributed by atoms with Gasteiger partial charge in [-0.25, -0.2) is 4.79 Å². The van der Waals surface area contributed by atoms with Crippen molar-refractivity contribution in [3.63, 3.8) is 0 Å². The molecule has 7 heteroatoms. The SMILES string of the molecule is CC(C)(C)C1(OC(=O)C(F)(F)F)C=CC=CC1C(=O)O. The molecule has 20 heavy (non-hydrogen) atoms. The van der Waals surface area contributed by atoms with Crippen LogP contribution in [0.1, 0.15) is 20.8 Å². The predicted octanol–water partition coefficient (Wildman–Crippen LogP) is 2.70. The Kier molecular flexibility index (Phi) is 4.03. The summed E-state index contributed by atoms with van der Waals surface area (Å²) in [6.45, 7) is 4.53. The van der Waals surface area contributed by atoms with Crippen LogP contribution >= 0.6 is 0 Å². The molecule has 0 aliphatic heterocycles. The summed E-state index contributed by atoms with van der Waals surface area (Å²) >= 11 is 0. The minimum atomic E-state index is -5.18. The third-order valence-corrected chi connectivity index (χ3v) is 3.15. The molecule has 0 fully saturated rings. The number of allylic oxidation sites excluding steroid dienone is 2. The van der Waals surface area contributed by atoms with Crippen molar-refractivity contribution in [3.8, 4) is 0 Å². The summed E-state index contributed by atoms with van der Waals surface area (Å²) in [5.74, 6) is -5.16. The van der Waals surface area contributed by atoms with E-state index in [9.17, 15) is 27.9 Å². The Balaban J connectivity index is 3.31. The van der Waals surface area contributed by atoms with E-state index in [-0.39, 0.29) is 0 Å². The van der Waals surface area contributed by atoms with E-state index < -0.39 is 35.0 Å². The predicted molar refractivity (Wildman–Crippen MR) is 63.7 cm³/mol. The maximum Gasteiger partial charge on any atom is 0.490 e. The van der Waals surface area contributed by atoms with E-state index in [1.54, 1.807) is 0 Å². The second-order valence-electron chi connectivity index (χ2n) is 5.49. The molecule has 0 amide bonds. The average Bonchev–Trinajstić information content (AvgIpc) is 2.26. The molecule has 0 aromatic rings. The molecule has 0 aromatic heterocycles. The quantitative estimate of drug-likeness (QED) is 0.795. The van der Waals surface area contributed by atoms with Crippen LogP contribution in [0.5, 0.6) is 0 Å². The number of carboxylic acids is 1. The molecule has 1 rings (SSSR count). The van der Waals surface area contributed by atoms with Gasteiger partial charge in [0.2, 0.25) is 0 Å². The summed E-state index contributed by atoms with van der Waals surface area (Å²) in [6, 6.07) is 0. The molecule has 1 aliphatic rings. The van der Waals surface area contributed by atoms with Gasteiger partial charge in [0.1, 0.15) is 5.92 Å². The zero-order chi connectivity index (χ0) is 15.8. The zero-order valence-electron chi connectivity index (χ0n) is 11.2. The van der Waals surface area contributed by atoms with Gasteiger partial charge in [-0.2, -0.15) is 13.2 Å². The Morgan fingerprint density at radius 2 is 1.75 bits per heavy atom. The number of carbonyl (C=O) groups excluding carboxylic acids is 1. The van der Waals surface area contributed by atoms with Crippen molar-refractivity contribution in [1.82, 2.24) is 0 Å². The lowest BCUT2D eigenvalue weighted by Gasteiger charge is -2.45. The number of carbonyl (C=O) groups is 2. The Hall–Kier alpha value is -1.79. The molecular formula is C13H15F3O4. The highest BCUT2D eigenvalue weighted by molar-refractivity contribution is 5.80. The molecule has 0 radical (unpaired) electrons. The number of ether oxygens (including phenoxy) is 1. The van der Waals surface area contributed by atoms with Gasteiger partial charge < -0.3 is 9.84 Å². The van der Waals surface area contributed by atoms with Crippen molar-refractivity contribution in [2.75, 3.05) is 0 Å². The van der Waals surface area contributed by atoms with Crippen molar-refractivity contribution in [3.05, 3.63) is 24.3 Å². The minimum Gasteiger partial charge on any atom is -0.481 e. The fraction of sp³-hybridized carbons (Fsp3) is 0.538. The van der Waals surface area contributed by atoms with Crippen molar-refractivity contribution in [1.29, 1.82) is 0 Å². The number of hydrogen-bond acceptors (Lipinski definition) is 3. The van der Waals surface area contributed by atoms with Crippen LogP contribution in [0.25, 0.3) is 0 Å². The van der Waals surface area contributed by atoms with Gasteiger partial charge in [-0.1, -0.05) is 39.0 Å². The third kappa shape index (κ3) is 2.86. The molecule has 0 heterocycles. The standard InChI is InChI=1S/C13H15F3O4/c1-11(2,3)12(20-10(19)13(14,15)16)7-5-4-6-8(12)9(17)18/h4-8H,1-3H3,(H,17,18). The lowest BCUT2D eigenvalue weighted by Crippen LogP contribution is -2.55. The average molecular weight is 292 g/mol. The van der Waals surface area contributed by atoms with Crippen LogP contribution in [0.3, 0.4) is 0 Å². The van der Waals surface area contributed by atoms with Crippen molar-refractivity contribution in [2.45, 2.75) is 32.5 Å². The Bertz CT molecular complexity index is 471. The van der Waals surface area contributed by atoms with Crippen molar-refractivity contribution < 1.29 is 32.6 Å². The second kappa shape index (κ2) is 4.96. The van der Waals surface area contributed by atoms with Gasteiger partial charge in [-0.05, 0) is 6.08 Å². The number of hydrogen-bond donors (Lipinski definition) is 1. The highest BCUT2D eigenvalue weighted by atomic mass is 19.4. The van der Waals surface area contributed by atoms with Crippen LogP contribution in [0.15, 0.2) is 24.3 Å². The van der Waals surface area contributed by atoms with E-state index >= 15 is 0 Å². The molecule has 2 atom stereocenters. The van der Waals surface area contributed by atoms with Gasteiger partial charge in [0.25, 0.3) is 0 Å². The van der Waals surface area contributed by atoms with Crippen LogP contribution < -0.4 is 0 Å². The lowest BCUT2D eigenvalue weighted by molar-refractivity contribution is -0.222. The fourth-order valence-corrected chi connectivity index (χ4v) is 2.06. The number of carboxylic acid groups (broad SMARTS) is 1. The van der Waals surface area contributed by atoms with E-state index in [1.165, 1.54) is 45.1 Å². The Morgan fingerprint density at radius 1 is 1.20 bits per heavy atom. The summed E-state index contributed by atoms with van der Waals surface area (Å²) in [7, 11) is 0. The lowest BCUT2D eigenvalue weighted by atomic mass is 9.67. The molecule has 0 aromatic carbocycles. The molecule has 0 bridgehead atoms. The van der Waals surface area contributed by atoms with Crippen molar-refractivity contribution >= 4 is 11.9 Å². The summed E-state index contributed by atoms with van der Waals surface area (Å²) in [5, 5.41) is 9.20. The van der Waals surface area contributed by atoms with Crippen LogP contribution in [-0.2, 0) is 14.3 Å². The van der Waals surface area contributed by atoms with Crippen molar-refractivity contribution in [2.24, 2.45) is 11.3 Å². The fourth-order valence-electron chi connectivity index (χ4n) is 2.06. The molecule has 112 valence electrons. The van der Waals surface area contributed by atoms with Crippen LogP contribution in [-0.4, -0.2) is 28.8 Å². The first-order chi connectivity index (χ1) is 8.92. The Morgan fingerprint density at radius 3 is 2.15 bits per heavy atom. The zero-order valence-corrected chi connectivity index (χ0v) is 11.2. The summed E-state index contributed by atoms with van der Waals surface area (Å²) in [4.78, 5) is 22.4. The molecule has 0 saturated carbocycles. The molecular weight excluding hydrogens is 277 g/mol. The molecule has 0 saturated heterocycles. The van der Waals surface area contributed by atoms with Crippen LogP contribution in [0, 0.1) is 11.3 Å². The summed E-state index contributed by atoms with van der Waals surface area (Å²) in [6.07, 6.45) is -0.0263. The first-order valence-electron chi connectivity index (χ1n) is 5.81. The largest absolute Gasteiger partial charge is 0.490 e. The van der Waals surface area contributed by atoms with Crippen LogP contribution in [0.2, 0.25) is 0 Å². The molecule has 0 spiro atoms. The maximum atomic E-state index is 12.4. The van der Waals surface area contributed by atoms with Gasteiger partial charge in [-0.3, -0.25) is 4.79 Å². The normalized spacial score (nSPS) is 26.4. The summed E-state index contributed by atoms with van der Waals surface area (Å²) < 4.78 is 41.9. The number of alkyl halides is 3. The smallest absolute Gasteiger partial charge is 0.481 e. The van der Waals surface area contributed by atoms with Gasteiger partial charge >= 0.3 is 18.1 Å². The highest BCUT2D eigenvalue weighted by Crippen LogP contribution is 2.44. The first kappa shape index (κ1) is 16.3. The maximum absolute atomic E-state index is 12.4. The molecule has 4 nitrogen and oxygen atoms in total. The highest BCUT2D eigenvalue weighted by Gasteiger charge is 2.56. The Labute approximate surface area is 113 Å². The van der Waals surface area contributed by atoms with Gasteiger partial charge in [0.05, 0.1) is 0 Å². The van der Waals surface area contributed by atoms with Gasteiger partial charge in [-0.15, -0.1) is 0 Å². The second-order valence-corrected chi connectivity index (χ2v) is 5.49. The molecule has 1 N–H and O–H groups in total. The first-order valence-corrected chi connectivity index (χ1v) is 5.81.